The normalized spacial score (nSPS) is 10.9. The van der Waals surface area contributed by atoms with Crippen LogP contribution in [0.5, 0.6) is 11.5 Å². The summed E-state index contributed by atoms with van der Waals surface area (Å²) in [6, 6.07) is 23.4. The molecular weight excluding hydrogens is 434 g/mol. The molecule has 3 aromatic carbocycles. The summed E-state index contributed by atoms with van der Waals surface area (Å²) in [5.74, 6) is 1.24. The van der Waals surface area contributed by atoms with E-state index < -0.39 is 17.1 Å². The lowest BCUT2D eigenvalue weighted by Gasteiger charge is -2.12. The molecule has 5 aromatic rings. The van der Waals surface area contributed by atoms with E-state index in [4.69, 9.17) is 4.74 Å². The highest BCUT2D eigenvalue weighted by Gasteiger charge is 2.16. The van der Waals surface area contributed by atoms with Crippen LogP contribution in [-0.2, 0) is 0 Å². The highest BCUT2D eigenvalue weighted by atomic mass is 16.5. The van der Waals surface area contributed by atoms with Gasteiger partial charge in [0.1, 0.15) is 11.5 Å². The van der Waals surface area contributed by atoms with Gasteiger partial charge in [0.2, 0.25) is 0 Å². The predicted octanol–water partition coefficient (Wildman–Crippen LogP) is 2.96. The Morgan fingerprint density at radius 2 is 1.41 bits per heavy atom. The van der Waals surface area contributed by atoms with E-state index in [0.29, 0.717) is 22.7 Å². The quantitative estimate of drug-likeness (QED) is 0.441. The average molecular weight is 453 g/mol. The van der Waals surface area contributed by atoms with Crippen LogP contribution < -0.4 is 21.8 Å². The van der Waals surface area contributed by atoms with E-state index in [-0.39, 0.29) is 5.69 Å². The molecule has 0 spiro atoms. The van der Waals surface area contributed by atoms with Crippen molar-refractivity contribution in [2.24, 2.45) is 0 Å². The fourth-order valence-corrected chi connectivity index (χ4v) is 3.59. The monoisotopic (exact) mass is 453 g/mol. The van der Waals surface area contributed by atoms with Crippen molar-refractivity contribution >= 4 is 0 Å². The van der Waals surface area contributed by atoms with Crippen molar-refractivity contribution in [1.29, 1.82) is 0 Å². The lowest BCUT2D eigenvalue weighted by molar-refractivity contribution is 0.478. The molecule has 0 saturated heterocycles. The van der Waals surface area contributed by atoms with Gasteiger partial charge in [0.15, 0.2) is 0 Å². The van der Waals surface area contributed by atoms with Crippen LogP contribution in [0.15, 0.2) is 106 Å². The number of para-hydroxylation sites is 2. The van der Waals surface area contributed by atoms with Gasteiger partial charge in [-0.1, -0.05) is 36.4 Å². The van der Waals surface area contributed by atoms with Crippen molar-refractivity contribution in [2.45, 2.75) is 6.92 Å². The van der Waals surface area contributed by atoms with Crippen molar-refractivity contribution in [1.82, 2.24) is 23.9 Å². The lowest BCUT2D eigenvalue weighted by Crippen LogP contribution is -2.47. The van der Waals surface area contributed by atoms with Crippen LogP contribution in [0.4, 0.5) is 0 Å². The molecule has 0 bridgehead atoms. The molecule has 34 heavy (non-hydrogen) atoms. The van der Waals surface area contributed by atoms with Crippen molar-refractivity contribution in [3.05, 3.63) is 128 Å². The largest absolute Gasteiger partial charge is 0.457 e. The van der Waals surface area contributed by atoms with E-state index in [1.807, 2.05) is 60.7 Å². The number of aryl methyl sites for hydroxylation is 1. The van der Waals surface area contributed by atoms with Crippen molar-refractivity contribution < 1.29 is 4.74 Å². The molecule has 168 valence electrons. The number of benzene rings is 3. The number of rotatable bonds is 5. The van der Waals surface area contributed by atoms with E-state index in [2.05, 4.69) is 10.1 Å². The Kier molecular flexibility index (Phi) is 5.27. The summed E-state index contributed by atoms with van der Waals surface area (Å²) < 4.78 is 9.19. The van der Waals surface area contributed by atoms with Gasteiger partial charge < -0.3 is 4.74 Å². The van der Waals surface area contributed by atoms with Crippen LogP contribution in [0.1, 0.15) is 5.56 Å². The third-order valence-electron chi connectivity index (χ3n) is 5.24. The second-order valence-electron chi connectivity index (χ2n) is 7.53. The molecule has 9 heteroatoms. The number of hydrogen-bond donors (Lipinski definition) is 1. The standard InChI is InChI=1S/C25H19N5O4/c1-17-14-19(12-13-22(17)34-21-10-6-3-7-11-21)29-23(31)27-24(32)30(25(29)33)20-15-26-28(16-20)18-8-4-2-5-9-18/h2-16H,1H3,(H,27,31,32). The summed E-state index contributed by atoms with van der Waals surface area (Å²) in [6.07, 6.45) is 2.93. The lowest BCUT2D eigenvalue weighted by atomic mass is 10.2. The molecule has 9 nitrogen and oxygen atoms in total. The third kappa shape index (κ3) is 3.86. The van der Waals surface area contributed by atoms with Crippen LogP contribution in [0.25, 0.3) is 17.1 Å². The fraction of sp³-hybridized carbons (Fsp3) is 0.0400. The number of nitrogens with one attached hydrogen (secondary N) is 1. The molecule has 0 unspecified atom stereocenters. The van der Waals surface area contributed by atoms with Gasteiger partial charge in [-0.25, -0.2) is 28.2 Å². The maximum Gasteiger partial charge on any atom is 0.345 e. The SMILES string of the molecule is Cc1cc(-n2c(=O)[nH]c(=O)n(-c3cnn(-c4ccccc4)c3)c2=O)ccc1Oc1ccccc1. The molecule has 0 aliphatic rings. The summed E-state index contributed by atoms with van der Waals surface area (Å²) >= 11 is 0. The summed E-state index contributed by atoms with van der Waals surface area (Å²) in [6.45, 7) is 1.81. The molecule has 0 amide bonds. The van der Waals surface area contributed by atoms with Crippen LogP contribution >= 0.6 is 0 Å². The Labute approximate surface area is 192 Å². The zero-order valence-corrected chi connectivity index (χ0v) is 18.1. The summed E-state index contributed by atoms with van der Waals surface area (Å²) in [7, 11) is 0. The average Bonchev–Trinajstić information content (AvgIpc) is 3.31. The fourth-order valence-electron chi connectivity index (χ4n) is 3.59. The van der Waals surface area contributed by atoms with Crippen LogP contribution in [0, 0.1) is 6.92 Å². The van der Waals surface area contributed by atoms with Gasteiger partial charge in [-0.2, -0.15) is 5.10 Å². The van der Waals surface area contributed by atoms with E-state index in [0.717, 1.165) is 14.8 Å². The Morgan fingerprint density at radius 1 is 0.765 bits per heavy atom. The molecule has 0 fully saturated rings. The molecular formula is C25H19N5O4. The molecule has 0 radical (unpaired) electrons. The van der Waals surface area contributed by atoms with Crippen LogP contribution in [0.2, 0.25) is 0 Å². The van der Waals surface area contributed by atoms with E-state index in [9.17, 15) is 14.4 Å². The second-order valence-corrected chi connectivity index (χ2v) is 7.53. The van der Waals surface area contributed by atoms with Crippen LogP contribution in [-0.4, -0.2) is 23.9 Å². The summed E-state index contributed by atoms with van der Waals surface area (Å²) in [5.41, 5.74) is -0.494. The van der Waals surface area contributed by atoms with E-state index in [1.165, 1.54) is 10.9 Å². The molecule has 2 aromatic heterocycles. The number of H-pyrrole nitrogens is 1. The highest BCUT2D eigenvalue weighted by molar-refractivity contribution is 5.45. The Balaban J connectivity index is 1.57. The molecule has 1 N–H and O–H groups in total. The first-order valence-electron chi connectivity index (χ1n) is 10.4. The third-order valence-corrected chi connectivity index (χ3v) is 5.24. The van der Waals surface area contributed by atoms with Crippen molar-refractivity contribution in [2.75, 3.05) is 0 Å². The summed E-state index contributed by atoms with van der Waals surface area (Å²) in [5, 5.41) is 4.24. The van der Waals surface area contributed by atoms with Crippen molar-refractivity contribution in [3.8, 4) is 28.6 Å². The first-order chi connectivity index (χ1) is 16.5. The molecule has 0 aliphatic heterocycles. The molecule has 5 rings (SSSR count). The number of hydrogen-bond acceptors (Lipinski definition) is 5. The zero-order chi connectivity index (χ0) is 23.7. The molecule has 0 atom stereocenters. The molecule has 0 aliphatic carbocycles. The first-order valence-corrected chi connectivity index (χ1v) is 10.4. The topological polar surface area (TPSA) is 104 Å². The Bertz CT molecular complexity index is 1650. The Hall–Kier alpha value is -4.92. The number of aromatic amines is 1. The van der Waals surface area contributed by atoms with Gasteiger partial charge >= 0.3 is 17.1 Å². The van der Waals surface area contributed by atoms with Gasteiger partial charge in [0.05, 0.1) is 29.5 Å². The van der Waals surface area contributed by atoms with E-state index >= 15 is 0 Å². The van der Waals surface area contributed by atoms with Gasteiger partial charge in [0, 0.05) is 0 Å². The van der Waals surface area contributed by atoms with E-state index in [1.54, 1.807) is 31.3 Å². The van der Waals surface area contributed by atoms with Gasteiger partial charge in [-0.15, -0.1) is 0 Å². The first kappa shape index (κ1) is 21.0. The maximum atomic E-state index is 13.3. The molecule has 0 saturated carbocycles. The minimum Gasteiger partial charge on any atom is -0.457 e. The Morgan fingerprint density at radius 3 is 2.09 bits per heavy atom. The number of aromatic nitrogens is 5. The number of ether oxygens (including phenoxy) is 1. The van der Waals surface area contributed by atoms with Gasteiger partial charge in [-0.3, -0.25) is 4.98 Å². The minimum absolute atomic E-state index is 0.226. The second kappa shape index (κ2) is 8.55. The minimum atomic E-state index is -0.848. The van der Waals surface area contributed by atoms with Gasteiger partial charge in [-0.05, 0) is 55.0 Å². The van der Waals surface area contributed by atoms with Crippen LogP contribution in [0.3, 0.4) is 0 Å². The predicted molar refractivity (Wildman–Crippen MR) is 127 cm³/mol. The van der Waals surface area contributed by atoms with Crippen molar-refractivity contribution in [3.63, 3.8) is 0 Å². The maximum absolute atomic E-state index is 13.3. The highest BCUT2D eigenvalue weighted by Crippen LogP contribution is 2.26. The molecule has 2 heterocycles. The van der Waals surface area contributed by atoms with Gasteiger partial charge in [0.25, 0.3) is 0 Å². The number of nitrogens with zero attached hydrogens (tertiary/aromatic N) is 4. The summed E-state index contributed by atoms with van der Waals surface area (Å²) in [4.78, 5) is 40.6. The smallest absolute Gasteiger partial charge is 0.345 e. The zero-order valence-electron chi connectivity index (χ0n) is 18.1.